The van der Waals surface area contributed by atoms with E-state index in [2.05, 4.69) is 27.2 Å². The lowest BCUT2D eigenvalue weighted by Gasteiger charge is -2.36. The Labute approximate surface area is 190 Å². The second-order valence-electron chi connectivity index (χ2n) is 8.48. The Morgan fingerprint density at radius 1 is 1.03 bits per heavy atom. The first-order chi connectivity index (χ1) is 16.1. The van der Waals surface area contributed by atoms with Crippen LogP contribution in [0, 0.1) is 5.82 Å². The number of benzene rings is 3. The van der Waals surface area contributed by atoms with Crippen LogP contribution in [0.3, 0.4) is 0 Å². The van der Waals surface area contributed by atoms with Gasteiger partial charge in [0.25, 0.3) is 0 Å². The minimum atomic E-state index is -0.340. The number of piperazine rings is 1. The van der Waals surface area contributed by atoms with E-state index >= 15 is 0 Å². The Bertz CT molecular complexity index is 1390. The van der Waals surface area contributed by atoms with Crippen molar-refractivity contribution in [3.05, 3.63) is 71.5 Å². The van der Waals surface area contributed by atoms with Crippen LogP contribution < -0.4 is 10.2 Å². The number of ketones is 1. The Morgan fingerprint density at radius 3 is 2.58 bits per heavy atom. The van der Waals surface area contributed by atoms with Crippen LogP contribution in [0.4, 0.5) is 21.5 Å². The maximum Gasteiger partial charge on any atom is 0.196 e. The van der Waals surface area contributed by atoms with E-state index in [1.807, 2.05) is 24.3 Å². The number of hydrogen-bond donors (Lipinski definition) is 1. The van der Waals surface area contributed by atoms with Gasteiger partial charge >= 0.3 is 0 Å². The average Bonchev–Trinajstić information content (AvgIpc) is 3.28. The molecular weight excluding hydrogens is 419 g/mol. The number of fused-ring (bicyclic) bond motifs is 2. The van der Waals surface area contributed by atoms with Gasteiger partial charge in [0.05, 0.1) is 22.3 Å². The maximum absolute atomic E-state index is 13.9. The van der Waals surface area contributed by atoms with Crippen LogP contribution in [0.1, 0.15) is 22.8 Å². The van der Waals surface area contributed by atoms with E-state index in [-0.39, 0.29) is 11.6 Å². The summed E-state index contributed by atoms with van der Waals surface area (Å²) in [7, 11) is 0. The highest BCUT2D eigenvalue weighted by Gasteiger charge is 2.34. The van der Waals surface area contributed by atoms with E-state index in [4.69, 9.17) is 4.52 Å². The third-order valence-corrected chi connectivity index (χ3v) is 6.64. The molecular formula is C26H23FN4O2. The van der Waals surface area contributed by atoms with Crippen molar-refractivity contribution in [3.8, 4) is 11.3 Å². The van der Waals surface area contributed by atoms with Crippen molar-refractivity contribution >= 4 is 33.7 Å². The summed E-state index contributed by atoms with van der Waals surface area (Å²) in [5.74, 6) is 0.173. The monoisotopic (exact) mass is 442 g/mol. The summed E-state index contributed by atoms with van der Waals surface area (Å²) in [6.45, 7) is 6.82. The molecule has 1 aliphatic heterocycles. The van der Waals surface area contributed by atoms with Crippen molar-refractivity contribution in [2.45, 2.75) is 6.92 Å². The molecule has 3 aromatic carbocycles. The molecule has 33 heavy (non-hydrogen) atoms. The first kappa shape index (κ1) is 19.9. The van der Waals surface area contributed by atoms with Crippen LogP contribution in [-0.2, 0) is 0 Å². The SMILES string of the molecule is CCN1CCN(c2cc(Nc3cccc(F)c3)c3c4c(onc24)-c2ccccc2C3=O)CC1. The second kappa shape index (κ2) is 7.71. The van der Waals surface area contributed by atoms with E-state index < -0.39 is 0 Å². The van der Waals surface area contributed by atoms with Gasteiger partial charge in [0, 0.05) is 43.0 Å². The summed E-state index contributed by atoms with van der Waals surface area (Å²) in [5.41, 5.74) is 4.67. The van der Waals surface area contributed by atoms with E-state index in [9.17, 15) is 9.18 Å². The molecule has 166 valence electrons. The predicted molar refractivity (Wildman–Crippen MR) is 127 cm³/mol. The molecule has 1 fully saturated rings. The number of nitrogens with one attached hydrogen (secondary N) is 1. The fourth-order valence-corrected chi connectivity index (χ4v) is 4.91. The van der Waals surface area contributed by atoms with Gasteiger partial charge in [-0.1, -0.05) is 42.4 Å². The minimum Gasteiger partial charge on any atom is -0.367 e. The molecule has 2 heterocycles. The Kier molecular flexibility index (Phi) is 4.66. The smallest absolute Gasteiger partial charge is 0.196 e. The van der Waals surface area contributed by atoms with Crippen molar-refractivity contribution in [3.63, 3.8) is 0 Å². The van der Waals surface area contributed by atoms with Crippen molar-refractivity contribution in [2.24, 2.45) is 0 Å². The molecule has 0 spiro atoms. The van der Waals surface area contributed by atoms with Crippen molar-refractivity contribution in [2.75, 3.05) is 42.9 Å². The molecule has 0 atom stereocenters. The van der Waals surface area contributed by atoms with Gasteiger partial charge in [0.2, 0.25) is 0 Å². The average molecular weight is 442 g/mol. The second-order valence-corrected chi connectivity index (χ2v) is 8.48. The van der Waals surface area contributed by atoms with Gasteiger partial charge in [-0.05, 0) is 30.8 Å². The molecule has 1 N–H and O–H groups in total. The Morgan fingerprint density at radius 2 is 1.82 bits per heavy atom. The number of carbonyl (C=O) groups is 1. The number of carbonyl (C=O) groups excluding carboxylic acids is 1. The summed E-state index contributed by atoms with van der Waals surface area (Å²) in [4.78, 5) is 18.3. The number of likely N-dealkylation sites (N-methyl/N-ethyl adjacent to an activating group) is 1. The van der Waals surface area contributed by atoms with Crippen LogP contribution in [0.25, 0.3) is 22.2 Å². The lowest BCUT2D eigenvalue weighted by molar-refractivity contribution is 0.104. The largest absolute Gasteiger partial charge is 0.367 e. The Hall–Kier alpha value is -3.71. The zero-order valence-corrected chi connectivity index (χ0v) is 18.3. The molecule has 1 aliphatic carbocycles. The molecule has 6 rings (SSSR count). The highest BCUT2D eigenvalue weighted by atomic mass is 19.1. The van der Waals surface area contributed by atoms with Crippen LogP contribution >= 0.6 is 0 Å². The van der Waals surface area contributed by atoms with Crippen LogP contribution in [-0.4, -0.2) is 48.6 Å². The zero-order chi connectivity index (χ0) is 22.5. The number of rotatable bonds is 4. The van der Waals surface area contributed by atoms with E-state index in [1.54, 1.807) is 18.2 Å². The lowest BCUT2D eigenvalue weighted by Crippen LogP contribution is -2.46. The molecule has 0 unspecified atom stereocenters. The van der Waals surface area contributed by atoms with Crippen molar-refractivity contribution in [1.29, 1.82) is 0 Å². The third-order valence-electron chi connectivity index (χ3n) is 6.64. The van der Waals surface area contributed by atoms with Gasteiger partial charge in [-0.2, -0.15) is 0 Å². The molecule has 1 saturated heterocycles. The Balaban J connectivity index is 1.56. The first-order valence-electron chi connectivity index (χ1n) is 11.2. The summed E-state index contributed by atoms with van der Waals surface area (Å²) in [6, 6.07) is 15.7. The first-order valence-corrected chi connectivity index (χ1v) is 11.2. The topological polar surface area (TPSA) is 61.6 Å². The molecule has 7 heteroatoms. The molecule has 1 aromatic heterocycles. The highest BCUT2D eigenvalue weighted by molar-refractivity contribution is 6.28. The third kappa shape index (κ3) is 3.19. The highest BCUT2D eigenvalue weighted by Crippen LogP contribution is 2.46. The van der Waals surface area contributed by atoms with Crippen LogP contribution in [0.15, 0.2) is 59.1 Å². The summed E-state index contributed by atoms with van der Waals surface area (Å²) < 4.78 is 19.7. The number of nitrogens with zero attached hydrogens (tertiary/aromatic N) is 3. The van der Waals surface area contributed by atoms with Gasteiger partial charge in [0.15, 0.2) is 11.5 Å². The minimum absolute atomic E-state index is 0.0902. The molecule has 4 aromatic rings. The maximum atomic E-state index is 13.9. The van der Waals surface area contributed by atoms with Gasteiger partial charge in [0.1, 0.15) is 11.3 Å². The fraction of sp³-hybridized carbons (Fsp3) is 0.231. The number of anilines is 3. The van der Waals surface area contributed by atoms with Gasteiger partial charge < -0.3 is 19.6 Å². The number of hydrogen-bond acceptors (Lipinski definition) is 6. The standard InChI is InChI=1S/C26H23FN4O2/c1-2-30-10-12-31(13-11-30)21-15-20(28-17-7-5-6-16(27)14-17)22-23-24(21)29-33-26(23)19-9-4-3-8-18(19)25(22)32/h3-9,14-15,28H,2,10-13H2,1H3. The zero-order valence-electron chi connectivity index (χ0n) is 18.3. The quantitative estimate of drug-likeness (QED) is 0.420. The van der Waals surface area contributed by atoms with Crippen LogP contribution in [0.2, 0.25) is 0 Å². The van der Waals surface area contributed by atoms with E-state index in [0.29, 0.717) is 39.2 Å². The molecule has 0 radical (unpaired) electrons. The van der Waals surface area contributed by atoms with E-state index in [0.717, 1.165) is 44.0 Å². The van der Waals surface area contributed by atoms with Gasteiger partial charge in [-0.25, -0.2) is 4.39 Å². The van der Waals surface area contributed by atoms with Crippen molar-refractivity contribution in [1.82, 2.24) is 10.1 Å². The fourth-order valence-electron chi connectivity index (χ4n) is 4.91. The number of aromatic nitrogens is 1. The molecule has 0 amide bonds. The summed E-state index contributed by atoms with van der Waals surface area (Å²) in [5, 5.41) is 8.45. The summed E-state index contributed by atoms with van der Waals surface area (Å²) >= 11 is 0. The normalized spacial score (nSPS) is 15.7. The summed E-state index contributed by atoms with van der Waals surface area (Å²) in [6.07, 6.45) is 0. The lowest BCUT2D eigenvalue weighted by atomic mass is 9.86. The molecule has 0 saturated carbocycles. The van der Waals surface area contributed by atoms with E-state index in [1.165, 1.54) is 12.1 Å². The number of halogens is 1. The van der Waals surface area contributed by atoms with Crippen LogP contribution in [0.5, 0.6) is 0 Å². The molecule has 0 bridgehead atoms. The van der Waals surface area contributed by atoms with Crippen molar-refractivity contribution < 1.29 is 13.7 Å². The predicted octanol–water partition coefficient (Wildman–Crippen LogP) is 5.06. The van der Waals surface area contributed by atoms with Gasteiger partial charge in [-0.3, -0.25) is 4.79 Å². The van der Waals surface area contributed by atoms with Gasteiger partial charge in [-0.15, -0.1) is 0 Å². The molecule has 2 aliphatic rings. The molecule has 6 nitrogen and oxygen atoms in total.